The van der Waals surface area contributed by atoms with Gasteiger partial charge in [0.25, 0.3) is 0 Å². The van der Waals surface area contributed by atoms with Gasteiger partial charge in [-0.15, -0.1) is 16.4 Å². The average molecular weight is 394 g/mol. The lowest BCUT2D eigenvalue weighted by molar-refractivity contribution is -0.115. The van der Waals surface area contributed by atoms with E-state index in [0.29, 0.717) is 21.5 Å². The summed E-state index contributed by atoms with van der Waals surface area (Å²) >= 11 is 2.63. The van der Waals surface area contributed by atoms with Gasteiger partial charge in [-0.25, -0.2) is 9.97 Å². The van der Waals surface area contributed by atoms with E-state index in [1.807, 2.05) is 31.2 Å². The van der Waals surface area contributed by atoms with E-state index in [2.05, 4.69) is 26.5 Å². The molecule has 0 spiro atoms. The van der Waals surface area contributed by atoms with Crippen LogP contribution in [-0.4, -0.2) is 30.7 Å². The number of thiophene rings is 1. The van der Waals surface area contributed by atoms with Gasteiger partial charge < -0.3 is 5.32 Å². The summed E-state index contributed by atoms with van der Waals surface area (Å²) in [7, 11) is 0. The van der Waals surface area contributed by atoms with Crippen molar-refractivity contribution in [1.82, 2.24) is 19.6 Å². The highest BCUT2D eigenvalue weighted by molar-refractivity contribution is 8.00. The highest BCUT2D eigenvalue weighted by atomic mass is 32.2. The van der Waals surface area contributed by atoms with E-state index in [1.54, 1.807) is 22.9 Å². The highest BCUT2D eigenvalue weighted by Gasteiger charge is 2.20. The summed E-state index contributed by atoms with van der Waals surface area (Å²) in [4.78, 5) is 21.7. The maximum absolute atomic E-state index is 12.6. The zero-order chi connectivity index (χ0) is 19.0. The molecule has 3 aromatic heterocycles. The van der Waals surface area contributed by atoms with Gasteiger partial charge in [-0.05, 0) is 37.4 Å². The summed E-state index contributed by atoms with van der Waals surface area (Å²) in [6.07, 6.45) is 0. The molecular formula is C18H14N6OS2. The Balaban J connectivity index is 1.66. The van der Waals surface area contributed by atoms with Gasteiger partial charge in [0.05, 0.1) is 16.3 Å². The van der Waals surface area contributed by atoms with Gasteiger partial charge in [-0.2, -0.15) is 9.78 Å². The number of thioether (sulfide) groups is 1. The summed E-state index contributed by atoms with van der Waals surface area (Å²) in [5, 5.41) is 19.7. The van der Waals surface area contributed by atoms with E-state index < -0.39 is 5.25 Å². The van der Waals surface area contributed by atoms with Crippen LogP contribution in [0.4, 0.5) is 5.00 Å². The molecule has 1 amide bonds. The maximum atomic E-state index is 12.6. The third-order valence-corrected chi connectivity index (χ3v) is 5.80. The zero-order valence-corrected chi connectivity index (χ0v) is 16.1. The average Bonchev–Trinajstić information content (AvgIpc) is 3.27. The summed E-state index contributed by atoms with van der Waals surface area (Å²) < 4.78 is 1.68. The van der Waals surface area contributed by atoms with Gasteiger partial charge in [0, 0.05) is 5.39 Å². The van der Waals surface area contributed by atoms with Crippen LogP contribution in [0.2, 0.25) is 0 Å². The number of amides is 1. The highest BCUT2D eigenvalue weighted by Crippen LogP contribution is 2.28. The van der Waals surface area contributed by atoms with E-state index in [-0.39, 0.29) is 5.91 Å². The first-order valence-corrected chi connectivity index (χ1v) is 9.90. The Kier molecular flexibility index (Phi) is 4.51. The Morgan fingerprint density at radius 1 is 1.33 bits per heavy atom. The Bertz CT molecular complexity index is 1210. The van der Waals surface area contributed by atoms with Crippen molar-refractivity contribution in [3.05, 3.63) is 47.1 Å². The number of carbonyl (C=O) groups is 1. The lowest BCUT2D eigenvalue weighted by atomic mass is 10.2. The number of nitrogens with one attached hydrogen (secondary N) is 1. The molecule has 0 saturated heterocycles. The second kappa shape index (κ2) is 6.98. The molecule has 1 N–H and O–H groups in total. The first-order valence-electron chi connectivity index (χ1n) is 8.14. The smallest absolute Gasteiger partial charge is 0.238 e. The van der Waals surface area contributed by atoms with Crippen molar-refractivity contribution < 1.29 is 4.79 Å². The predicted molar refractivity (Wildman–Crippen MR) is 106 cm³/mol. The first-order chi connectivity index (χ1) is 13.1. The van der Waals surface area contributed by atoms with Gasteiger partial charge in [0.1, 0.15) is 16.9 Å². The summed E-state index contributed by atoms with van der Waals surface area (Å²) in [5.74, 6) is 0.447. The van der Waals surface area contributed by atoms with Crippen LogP contribution in [0.1, 0.15) is 18.3 Å². The molecule has 7 nitrogen and oxygen atoms in total. The number of anilines is 1. The molecular weight excluding hydrogens is 380 g/mol. The van der Waals surface area contributed by atoms with E-state index in [4.69, 9.17) is 5.26 Å². The summed E-state index contributed by atoms with van der Waals surface area (Å²) in [6.45, 7) is 3.62. The minimum atomic E-state index is -0.431. The molecule has 0 saturated carbocycles. The van der Waals surface area contributed by atoms with E-state index in [0.717, 1.165) is 16.6 Å². The number of benzene rings is 1. The van der Waals surface area contributed by atoms with Gasteiger partial charge in [-0.3, -0.25) is 4.79 Å². The largest absolute Gasteiger partial charge is 0.316 e. The number of carbonyl (C=O) groups excluding carboxylic acids is 1. The number of aromatic nitrogens is 4. The molecule has 4 rings (SSSR count). The van der Waals surface area contributed by atoms with E-state index >= 15 is 0 Å². The van der Waals surface area contributed by atoms with Crippen LogP contribution in [0, 0.1) is 18.3 Å². The Morgan fingerprint density at radius 2 is 2.15 bits per heavy atom. The molecule has 0 aliphatic heterocycles. The Hall–Kier alpha value is -2.96. The molecule has 0 fully saturated rings. The van der Waals surface area contributed by atoms with Crippen molar-refractivity contribution in [1.29, 1.82) is 5.26 Å². The zero-order valence-electron chi connectivity index (χ0n) is 14.5. The molecule has 0 aliphatic rings. The van der Waals surface area contributed by atoms with E-state index in [1.165, 1.54) is 23.1 Å². The summed E-state index contributed by atoms with van der Waals surface area (Å²) in [5.41, 5.74) is 1.99. The Morgan fingerprint density at radius 3 is 2.96 bits per heavy atom. The SMILES string of the molecule is Cc1nc2c3ccccc3nc(S[C@H](C)C(=O)Nc3sccc3C#N)n2n1. The quantitative estimate of drug-likeness (QED) is 0.419. The van der Waals surface area contributed by atoms with Crippen molar-refractivity contribution in [2.24, 2.45) is 0 Å². The minimum absolute atomic E-state index is 0.195. The van der Waals surface area contributed by atoms with Gasteiger partial charge in [0.2, 0.25) is 5.91 Å². The molecule has 134 valence electrons. The summed E-state index contributed by atoms with van der Waals surface area (Å²) in [6, 6.07) is 11.5. The number of aryl methyl sites for hydroxylation is 1. The molecule has 0 radical (unpaired) electrons. The number of nitrogens with zero attached hydrogens (tertiary/aromatic N) is 5. The van der Waals surface area contributed by atoms with Crippen LogP contribution >= 0.6 is 23.1 Å². The number of para-hydroxylation sites is 1. The van der Waals surface area contributed by atoms with Crippen molar-refractivity contribution in [3.63, 3.8) is 0 Å². The number of nitriles is 1. The van der Waals surface area contributed by atoms with Gasteiger partial charge >= 0.3 is 0 Å². The molecule has 27 heavy (non-hydrogen) atoms. The van der Waals surface area contributed by atoms with Crippen molar-refractivity contribution in [3.8, 4) is 6.07 Å². The molecule has 1 atom stereocenters. The standard InChI is InChI=1S/C18H14N6OS2/c1-10(16(25)22-17-12(9-19)7-8-26-17)27-18-21-14-6-4-3-5-13(14)15-20-11(2)23-24(15)18/h3-8,10H,1-2H3,(H,22,25)/t10-/m1/s1. The number of rotatable bonds is 4. The van der Waals surface area contributed by atoms with Gasteiger partial charge in [0.15, 0.2) is 10.8 Å². The normalized spacial score (nSPS) is 12.2. The fourth-order valence-corrected chi connectivity index (χ4v) is 4.23. The first kappa shape index (κ1) is 17.5. The number of hydrogen-bond donors (Lipinski definition) is 1. The molecule has 3 heterocycles. The van der Waals surface area contributed by atoms with Crippen LogP contribution in [-0.2, 0) is 4.79 Å². The van der Waals surface area contributed by atoms with Crippen LogP contribution in [0.25, 0.3) is 16.6 Å². The molecule has 4 aromatic rings. The molecule has 0 unspecified atom stereocenters. The van der Waals surface area contributed by atoms with Crippen molar-refractivity contribution in [2.75, 3.05) is 5.32 Å². The number of hydrogen-bond acceptors (Lipinski definition) is 7. The van der Waals surface area contributed by atoms with Crippen molar-refractivity contribution >= 4 is 50.6 Å². The monoisotopic (exact) mass is 394 g/mol. The molecule has 1 aromatic carbocycles. The third kappa shape index (κ3) is 3.25. The molecule has 0 bridgehead atoms. The number of fused-ring (bicyclic) bond motifs is 3. The second-order valence-corrected chi connectivity index (χ2v) is 8.05. The van der Waals surface area contributed by atoms with Crippen LogP contribution in [0.3, 0.4) is 0 Å². The van der Waals surface area contributed by atoms with E-state index in [9.17, 15) is 4.79 Å². The minimum Gasteiger partial charge on any atom is -0.316 e. The Labute approximate surface area is 163 Å². The fraction of sp³-hybridized carbons (Fsp3) is 0.167. The van der Waals surface area contributed by atoms with Crippen LogP contribution < -0.4 is 5.32 Å². The maximum Gasteiger partial charge on any atom is 0.238 e. The molecule has 0 aliphatic carbocycles. The fourth-order valence-electron chi connectivity index (χ4n) is 2.63. The van der Waals surface area contributed by atoms with Gasteiger partial charge in [-0.1, -0.05) is 23.9 Å². The third-order valence-electron chi connectivity index (χ3n) is 3.93. The van der Waals surface area contributed by atoms with Crippen molar-refractivity contribution in [2.45, 2.75) is 24.3 Å². The van der Waals surface area contributed by atoms with Crippen LogP contribution in [0.15, 0.2) is 40.9 Å². The second-order valence-electron chi connectivity index (χ2n) is 5.83. The topological polar surface area (TPSA) is 96.0 Å². The lowest BCUT2D eigenvalue weighted by Crippen LogP contribution is -2.22. The predicted octanol–water partition coefficient (Wildman–Crippen LogP) is 3.64. The van der Waals surface area contributed by atoms with Crippen LogP contribution in [0.5, 0.6) is 0 Å². The lowest BCUT2D eigenvalue weighted by Gasteiger charge is -2.12. The molecule has 9 heteroatoms.